The lowest BCUT2D eigenvalue weighted by molar-refractivity contribution is -0.137. The maximum atomic E-state index is 14.0. The highest BCUT2D eigenvalue weighted by Gasteiger charge is 2.42. The molecule has 2 unspecified atom stereocenters. The van der Waals surface area contributed by atoms with Gasteiger partial charge >= 0.3 is 0 Å². The number of ether oxygens (including phenoxy) is 1. The lowest BCUT2D eigenvalue weighted by Gasteiger charge is -2.35. The highest BCUT2D eigenvalue weighted by molar-refractivity contribution is 5.88. The molecule has 0 saturated carbocycles. The van der Waals surface area contributed by atoms with E-state index in [1.165, 1.54) is 0 Å². The normalized spacial score (nSPS) is 19.4. The van der Waals surface area contributed by atoms with Crippen LogP contribution in [0, 0.1) is 11.3 Å². The summed E-state index contributed by atoms with van der Waals surface area (Å²) < 4.78 is 8.23. The maximum absolute atomic E-state index is 14.0. The van der Waals surface area contributed by atoms with Crippen LogP contribution >= 0.6 is 0 Å². The van der Waals surface area contributed by atoms with E-state index in [2.05, 4.69) is 22.9 Å². The van der Waals surface area contributed by atoms with Gasteiger partial charge in [-0.15, -0.1) is 0 Å². The molecule has 2 aromatic carbocycles. The van der Waals surface area contributed by atoms with E-state index in [0.717, 1.165) is 55.7 Å². The molecule has 1 fully saturated rings. The summed E-state index contributed by atoms with van der Waals surface area (Å²) in [5, 5.41) is 9.81. The Labute approximate surface area is 232 Å². The zero-order chi connectivity index (χ0) is 28.2. The Morgan fingerprint density at radius 3 is 2.69 bits per heavy atom. The number of hydrogen-bond donors (Lipinski definition) is 1. The third-order valence-electron chi connectivity index (χ3n) is 8.06. The van der Waals surface area contributed by atoms with Crippen LogP contribution in [0.2, 0.25) is 0 Å². The smallest absolute Gasteiger partial charge is 0.233 e. The first-order valence-corrected chi connectivity index (χ1v) is 13.6. The molecule has 0 spiro atoms. The van der Waals surface area contributed by atoms with Crippen molar-refractivity contribution in [2.45, 2.75) is 50.5 Å². The molecular weight excluding hydrogens is 488 g/mol. The predicted octanol–water partition coefficient (Wildman–Crippen LogP) is 4.53. The van der Waals surface area contributed by atoms with Crippen LogP contribution in [0.4, 0.5) is 0 Å². The van der Waals surface area contributed by atoms with Gasteiger partial charge in [0.2, 0.25) is 5.91 Å². The number of imidazole rings is 1. The minimum absolute atomic E-state index is 0.191. The number of benzene rings is 2. The Hall–Kier alpha value is -3.67. The molecule has 8 nitrogen and oxygen atoms in total. The molecule has 2 atom stereocenters. The third-order valence-corrected chi connectivity index (χ3v) is 8.06. The Bertz CT molecular complexity index is 1360. The van der Waals surface area contributed by atoms with Gasteiger partial charge in [-0.2, -0.15) is 5.26 Å². The van der Waals surface area contributed by atoms with Crippen molar-refractivity contribution in [2.75, 3.05) is 33.7 Å². The minimum Gasteiger partial charge on any atom is -0.456 e. The molecule has 206 valence electrons. The number of aryl methyl sites for hydroxylation is 1. The van der Waals surface area contributed by atoms with Gasteiger partial charge in [-0.1, -0.05) is 31.5 Å². The number of likely N-dealkylation sites (tertiary alicyclic amines) is 1. The molecule has 0 bridgehead atoms. The first kappa shape index (κ1) is 28.3. The highest BCUT2D eigenvalue weighted by Crippen LogP contribution is 2.40. The molecule has 1 aromatic heterocycles. The Balaban J connectivity index is 1.68. The van der Waals surface area contributed by atoms with E-state index >= 15 is 0 Å². The van der Waals surface area contributed by atoms with Gasteiger partial charge in [0.05, 0.1) is 34.7 Å². The molecule has 1 saturated heterocycles. The summed E-state index contributed by atoms with van der Waals surface area (Å²) in [6.45, 7) is 6.36. The van der Waals surface area contributed by atoms with Crippen molar-refractivity contribution >= 4 is 5.91 Å². The number of nitrogens with two attached hydrogens (primary N) is 1. The van der Waals surface area contributed by atoms with Crippen molar-refractivity contribution in [3.63, 3.8) is 0 Å². The lowest BCUT2D eigenvalue weighted by atomic mass is 9.73. The average Bonchev–Trinajstić information content (AvgIpc) is 3.29. The lowest BCUT2D eigenvalue weighted by Crippen LogP contribution is -2.47. The van der Waals surface area contributed by atoms with E-state index in [-0.39, 0.29) is 5.91 Å². The molecule has 2 N–H and O–H groups in total. The Morgan fingerprint density at radius 1 is 1.23 bits per heavy atom. The quantitative estimate of drug-likeness (QED) is 0.438. The van der Waals surface area contributed by atoms with Crippen LogP contribution in [0.25, 0.3) is 0 Å². The van der Waals surface area contributed by atoms with Gasteiger partial charge in [-0.3, -0.25) is 4.79 Å². The van der Waals surface area contributed by atoms with Gasteiger partial charge in [0, 0.05) is 26.7 Å². The fourth-order valence-electron chi connectivity index (χ4n) is 5.59. The molecule has 1 aliphatic rings. The van der Waals surface area contributed by atoms with Gasteiger partial charge in [0.1, 0.15) is 17.6 Å². The molecule has 2 heterocycles. The fraction of sp³-hybridized carbons (Fsp3) is 0.452. The van der Waals surface area contributed by atoms with Crippen LogP contribution in [0.5, 0.6) is 11.5 Å². The van der Waals surface area contributed by atoms with E-state index in [1.54, 1.807) is 18.6 Å². The summed E-state index contributed by atoms with van der Waals surface area (Å²) in [5.74, 6) is 1.21. The largest absolute Gasteiger partial charge is 0.456 e. The van der Waals surface area contributed by atoms with Crippen molar-refractivity contribution in [3.05, 3.63) is 77.4 Å². The number of amides is 1. The average molecular weight is 529 g/mol. The van der Waals surface area contributed by atoms with Crippen molar-refractivity contribution in [1.82, 2.24) is 19.4 Å². The van der Waals surface area contributed by atoms with Crippen molar-refractivity contribution in [3.8, 4) is 17.6 Å². The molecule has 8 heteroatoms. The van der Waals surface area contributed by atoms with E-state index < -0.39 is 11.0 Å². The van der Waals surface area contributed by atoms with Crippen LogP contribution < -0.4 is 10.5 Å². The monoisotopic (exact) mass is 528 g/mol. The number of nitriles is 1. The molecule has 4 rings (SSSR count). The van der Waals surface area contributed by atoms with E-state index in [9.17, 15) is 10.1 Å². The van der Waals surface area contributed by atoms with Gasteiger partial charge in [0.25, 0.3) is 0 Å². The predicted molar refractivity (Wildman–Crippen MR) is 152 cm³/mol. The van der Waals surface area contributed by atoms with Crippen LogP contribution in [0.1, 0.15) is 61.9 Å². The Kier molecular flexibility index (Phi) is 8.43. The van der Waals surface area contributed by atoms with Crippen molar-refractivity contribution in [1.29, 1.82) is 5.26 Å². The fourth-order valence-corrected chi connectivity index (χ4v) is 5.59. The van der Waals surface area contributed by atoms with Crippen molar-refractivity contribution < 1.29 is 9.53 Å². The Morgan fingerprint density at radius 2 is 2.03 bits per heavy atom. The molecule has 0 aliphatic carbocycles. The van der Waals surface area contributed by atoms with Crippen LogP contribution in [-0.4, -0.2) is 59.0 Å². The standard InChI is InChI=1S/C31H40N6O2/c1-6-31(14-7-8-15-37(29(31)38)17-16-35(3)4)25-10-9-11-26(18-25)39-27-19-24(13-12-23(27)20-32)30(2,33)28-21-34-22-36(28)5/h9-13,18-19,21-22H,6-8,14-17,33H2,1-5H3. The number of carbonyl (C=O) groups is 1. The first-order valence-electron chi connectivity index (χ1n) is 13.6. The number of likely N-dealkylation sites (N-methyl/N-ethyl adjacent to an activating group) is 1. The number of aromatic nitrogens is 2. The first-order chi connectivity index (χ1) is 18.6. The summed E-state index contributed by atoms with van der Waals surface area (Å²) in [6.07, 6.45) is 6.98. The second kappa shape index (κ2) is 11.6. The summed E-state index contributed by atoms with van der Waals surface area (Å²) in [7, 11) is 5.97. The number of nitrogens with zero attached hydrogens (tertiary/aromatic N) is 5. The second-order valence-corrected chi connectivity index (χ2v) is 11.0. The summed E-state index contributed by atoms with van der Waals surface area (Å²) in [4.78, 5) is 22.3. The summed E-state index contributed by atoms with van der Waals surface area (Å²) in [6, 6.07) is 15.5. The number of rotatable bonds is 9. The van der Waals surface area contributed by atoms with E-state index in [4.69, 9.17) is 10.5 Å². The zero-order valence-electron chi connectivity index (χ0n) is 23.8. The summed E-state index contributed by atoms with van der Waals surface area (Å²) >= 11 is 0. The zero-order valence-corrected chi connectivity index (χ0v) is 23.8. The van der Waals surface area contributed by atoms with E-state index in [1.807, 2.05) is 73.9 Å². The SMILES string of the molecule is CCC1(c2cccc(Oc3cc(C(C)(N)c4cncn4C)ccc3C#N)c2)CCCCN(CCN(C)C)C1=O. The molecule has 1 amide bonds. The van der Waals surface area contributed by atoms with Gasteiger partial charge < -0.3 is 24.8 Å². The van der Waals surface area contributed by atoms with Crippen LogP contribution in [0.15, 0.2) is 55.0 Å². The van der Waals surface area contributed by atoms with Gasteiger partial charge in [-0.25, -0.2) is 4.98 Å². The molecule has 0 radical (unpaired) electrons. The summed E-state index contributed by atoms with van der Waals surface area (Å²) in [5.41, 5.74) is 8.33. The van der Waals surface area contributed by atoms with Crippen LogP contribution in [0.3, 0.4) is 0 Å². The van der Waals surface area contributed by atoms with Gasteiger partial charge in [-0.05, 0) is 75.7 Å². The highest BCUT2D eigenvalue weighted by atomic mass is 16.5. The van der Waals surface area contributed by atoms with Gasteiger partial charge in [0.15, 0.2) is 0 Å². The molecule has 39 heavy (non-hydrogen) atoms. The second-order valence-electron chi connectivity index (χ2n) is 11.0. The molecular formula is C31H40N6O2. The van der Waals surface area contributed by atoms with Crippen molar-refractivity contribution in [2.24, 2.45) is 12.8 Å². The number of carbonyl (C=O) groups excluding carboxylic acids is 1. The minimum atomic E-state index is -0.839. The number of hydrogen-bond acceptors (Lipinski definition) is 6. The third kappa shape index (κ3) is 5.70. The topological polar surface area (TPSA) is 100 Å². The van der Waals surface area contributed by atoms with E-state index in [0.29, 0.717) is 23.5 Å². The molecule has 1 aliphatic heterocycles. The maximum Gasteiger partial charge on any atom is 0.233 e. The van der Waals surface area contributed by atoms with Crippen LogP contribution in [-0.2, 0) is 22.8 Å². The molecule has 3 aromatic rings.